The van der Waals surface area contributed by atoms with Gasteiger partial charge in [-0.05, 0) is 21.0 Å². The molecule has 0 aliphatic heterocycles. The Bertz CT molecular complexity index is 527. The van der Waals surface area contributed by atoms with Crippen LogP contribution < -0.4 is 0 Å². The van der Waals surface area contributed by atoms with Crippen molar-refractivity contribution in [1.82, 2.24) is 4.90 Å². The zero-order valence-corrected chi connectivity index (χ0v) is 12.6. The van der Waals surface area contributed by atoms with Crippen molar-refractivity contribution in [2.24, 2.45) is 0 Å². The first kappa shape index (κ1) is 15.3. The molecular formula is C18H20NO2. The Morgan fingerprint density at radius 2 is 1.38 bits per heavy atom. The van der Waals surface area contributed by atoms with Crippen molar-refractivity contribution < 1.29 is 9.53 Å². The van der Waals surface area contributed by atoms with Gasteiger partial charge in [0.25, 0.3) is 0 Å². The highest BCUT2D eigenvalue weighted by Crippen LogP contribution is 2.38. The van der Waals surface area contributed by atoms with Crippen LogP contribution >= 0.6 is 0 Å². The normalized spacial score (nSPS) is 13.0. The Kier molecular flexibility index (Phi) is 4.76. The van der Waals surface area contributed by atoms with Crippen molar-refractivity contribution in [2.45, 2.75) is 18.6 Å². The molecule has 3 nitrogen and oxygen atoms in total. The summed E-state index contributed by atoms with van der Waals surface area (Å²) < 4.78 is 5.58. The van der Waals surface area contributed by atoms with Gasteiger partial charge in [-0.2, -0.15) is 0 Å². The van der Waals surface area contributed by atoms with Crippen molar-refractivity contribution >= 4 is 6.47 Å². The Labute approximate surface area is 126 Å². The van der Waals surface area contributed by atoms with Crippen LogP contribution in [0.2, 0.25) is 0 Å². The molecule has 0 bridgehead atoms. The molecule has 0 aliphatic carbocycles. The van der Waals surface area contributed by atoms with Crippen LogP contribution in [0, 0.1) is 0 Å². The van der Waals surface area contributed by atoms with E-state index >= 15 is 0 Å². The smallest absolute Gasteiger partial charge is 0.418 e. The van der Waals surface area contributed by atoms with E-state index in [9.17, 15) is 4.79 Å². The van der Waals surface area contributed by atoms with Gasteiger partial charge in [-0.3, -0.25) is 0 Å². The van der Waals surface area contributed by atoms with Gasteiger partial charge in [-0.15, -0.1) is 0 Å². The monoisotopic (exact) mass is 282 g/mol. The van der Waals surface area contributed by atoms with Gasteiger partial charge in [-0.1, -0.05) is 60.7 Å². The molecule has 0 N–H and O–H groups in total. The zero-order chi connectivity index (χ0) is 15.3. The van der Waals surface area contributed by atoms with E-state index in [2.05, 4.69) is 0 Å². The van der Waals surface area contributed by atoms with E-state index in [4.69, 9.17) is 4.74 Å². The molecule has 1 atom stereocenters. The highest BCUT2D eigenvalue weighted by molar-refractivity contribution is 5.47. The Balaban J connectivity index is 2.69. The summed E-state index contributed by atoms with van der Waals surface area (Å²) in [5.74, 6) is 0. The van der Waals surface area contributed by atoms with E-state index in [0.717, 1.165) is 11.1 Å². The quantitative estimate of drug-likeness (QED) is 0.816. The summed E-state index contributed by atoms with van der Waals surface area (Å²) in [6.45, 7) is 3.70. The Hall–Kier alpha value is -2.13. The summed E-state index contributed by atoms with van der Waals surface area (Å²) in [5.41, 5.74) is 0.981. The number of hydrogen-bond acceptors (Lipinski definition) is 3. The second kappa shape index (κ2) is 6.55. The first-order chi connectivity index (χ1) is 10.1. The van der Waals surface area contributed by atoms with Crippen molar-refractivity contribution in [1.29, 1.82) is 0 Å². The molecule has 2 rings (SSSR count). The van der Waals surface area contributed by atoms with Crippen LogP contribution in [0.4, 0.5) is 0 Å². The lowest BCUT2D eigenvalue weighted by molar-refractivity contribution is 0.0152. The highest BCUT2D eigenvalue weighted by Gasteiger charge is 2.43. The molecule has 3 heteroatoms. The van der Waals surface area contributed by atoms with Crippen LogP contribution in [-0.4, -0.2) is 31.5 Å². The molecule has 0 fully saturated rings. The van der Waals surface area contributed by atoms with Gasteiger partial charge in [0.05, 0.1) is 6.04 Å². The first-order valence-corrected chi connectivity index (χ1v) is 6.95. The molecule has 0 aromatic heterocycles. The number of carbonyl (C=O) groups excluding carboxylic acids is 1. The van der Waals surface area contributed by atoms with Gasteiger partial charge in [0, 0.05) is 11.1 Å². The van der Waals surface area contributed by atoms with E-state index < -0.39 is 5.60 Å². The Morgan fingerprint density at radius 1 is 0.952 bits per heavy atom. The van der Waals surface area contributed by atoms with Crippen LogP contribution in [0.1, 0.15) is 18.1 Å². The van der Waals surface area contributed by atoms with Crippen LogP contribution in [-0.2, 0) is 15.1 Å². The number of ether oxygens (including phenoxy) is 1. The summed E-state index contributed by atoms with van der Waals surface area (Å²) >= 11 is 0. The molecule has 1 unspecified atom stereocenters. The molecule has 0 heterocycles. The minimum absolute atomic E-state index is 0.0521. The van der Waals surface area contributed by atoms with Gasteiger partial charge < -0.3 is 9.64 Å². The lowest BCUT2D eigenvalue weighted by Gasteiger charge is -2.41. The lowest BCUT2D eigenvalue weighted by Crippen LogP contribution is -2.48. The number of likely N-dealkylation sites (N-methyl/N-ethyl adjacent to an activating group) is 1. The largest absolute Gasteiger partial charge is 0.439 e. The van der Waals surface area contributed by atoms with Crippen LogP contribution in [0.5, 0.6) is 0 Å². The maximum Gasteiger partial charge on any atom is 0.418 e. The lowest BCUT2D eigenvalue weighted by atomic mass is 9.80. The molecule has 109 valence electrons. The van der Waals surface area contributed by atoms with E-state index in [1.807, 2.05) is 86.6 Å². The predicted octanol–water partition coefficient (Wildman–Crippen LogP) is 2.96. The van der Waals surface area contributed by atoms with Crippen molar-refractivity contribution in [3.05, 3.63) is 71.8 Å². The number of nitrogens with zero attached hydrogens (tertiary/aromatic N) is 1. The molecule has 2 aromatic carbocycles. The third-order valence-corrected chi connectivity index (χ3v) is 3.97. The van der Waals surface area contributed by atoms with Crippen LogP contribution in [0.25, 0.3) is 0 Å². The molecule has 1 radical (unpaired) electrons. The number of hydrogen-bond donors (Lipinski definition) is 0. The minimum Gasteiger partial charge on any atom is -0.439 e. The third kappa shape index (κ3) is 2.83. The van der Waals surface area contributed by atoms with E-state index in [-0.39, 0.29) is 6.04 Å². The molecule has 2 aromatic rings. The summed E-state index contributed by atoms with van der Waals surface area (Å²) in [7, 11) is 3.94. The summed E-state index contributed by atoms with van der Waals surface area (Å²) in [6, 6.07) is 19.5. The average Bonchev–Trinajstić information content (AvgIpc) is 2.53. The van der Waals surface area contributed by atoms with E-state index in [1.54, 1.807) is 6.47 Å². The topological polar surface area (TPSA) is 29.5 Å². The van der Waals surface area contributed by atoms with E-state index in [1.165, 1.54) is 0 Å². The van der Waals surface area contributed by atoms with Gasteiger partial charge in [0.1, 0.15) is 0 Å². The minimum atomic E-state index is -0.881. The summed E-state index contributed by atoms with van der Waals surface area (Å²) in [5, 5.41) is 0. The number of rotatable bonds is 6. The van der Waals surface area contributed by atoms with Gasteiger partial charge in [0.15, 0.2) is 5.60 Å². The molecular weight excluding hydrogens is 262 g/mol. The predicted molar refractivity (Wildman–Crippen MR) is 83.6 cm³/mol. The van der Waals surface area contributed by atoms with Crippen molar-refractivity contribution in [3.63, 3.8) is 0 Å². The molecule has 0 saturated carbocycles. The fourth-order valence-electron chi connectivity index (χ4n) is 2.65. The fraction of sp³-hybridized carbons (Fsp3) is 0.278. The average molecular weight is 282 g/mol. The summed E-state index contributed by atoms with van der Waals surface area (Å²) in [6.07, 6.45) is 0. The van der Waals surface area contributed by atoms with Crippen molar-refractivity contribution in [2.75, 3.05) is 14.1 Å². The molecule has 0 saturated heterocycles. The maximum absolute atomic E-state index is 11.1. The molecule has 0 aliphatic rings. The zero-order valence-electron chi connectivity index (χ0n) is 12.6. The number of benzene rings is 2. The summed E-state index contributed by atoms with van der Waals surface area (Å²) in [4.78, 5) is 13.2. The van der Waals surface area contributed by atoms with Crippen molar-refractivity contribution in [3.8, 4) is 0 Å². The second-order valence-electron chi connectivity index (χ2n) is 5.29. The first-order valence-electron chi connectivity index (χ1n) is 6.95. The SMILES string of the molecule is CC(N(C)C)C(O[C]=O)(c1ccccc1)c1ccccc1. The maximum atomic E-state index is 11.1. The fourth-order valence-corrected chi connectivity index (χ4v) is 2.65. The van der Waals surface area contributed by atoms with Gasteiger partial charge >= 0.3 is 6.47 Å². The third-order valence-electron chi connectivity index (χ3n) is 3.97. The second-order valence-corrected chi connectivity index (χ2v) is 5.29. The standard InChI is InChI=1S/C18H20NO2/c1-15(19(2)3)18(21-14-20,16-10-6-4-7-11-16)17-12-8-5-9-13-17/h4-13,15H,1-3H3. The van der Waals surface area contributed by atoms with Crippen LogP contribution in [0.3, 0.4) is 0 Å². The highest BCUT2D eigenvalue weighted by atomic mass is 16.5. The molecule has 0 amide bonds. The van der Waals surface area contributed by atoms with E-state index in [0.29, 0.717) is 0 Å². The molecule has 0 spiro atoms. The Morgan fingerprint density at radius 3 is 1.71 bits per heavy atom. The van der Waals surface area contributed by atoms with Gasteiger partial charge in [0.2, 0.25) is 0 Å². The van der Waals surface area contributed by atoms with Crippen LogP contribution in [0.15, 0.2) is 60.7 Å². The molecule has 21 heavy (non-hydrogen) atoms. The van der Waals surface area contributed by atoms with Gasteiger partial charge in [-0.25, -0.2) is 4.79 Å².